The molecule has 2 N–H and O–H groups in total. The number of allylic oxidation sites excluding steroid dienone is 14. The van der Waals surface area contributed by atoms with Crippen LogP contribution in [0.25, 0.3) is 0 Å². The summed E-state index contributed by atoms with van der Waals surface area (Å²) in [5.74, 6) is -3.45. The van der Waals surface area contributed by atoms with Crippen molar-refractivity contribution in [3.8, 4) is 0 Å². The highest BCUT2D eigenvalue weighted by molar-refractivity contribution is 6.21. The first kappa shape index (κ1) is 41.5. The molecular weight excluding hydrogens is 745 g/mol. The average Bonchev–Trinajstić information content (AvgIpc) is 3.87. The molecule has 0 fully saturated rings. The van der Waals surface area contributed by atoms with Gasteiger partial charge in [-0.2, -0.15) is 0 Å². The molecule has 2 atom stereocenters. The second kappa shape index (κ2) is 17.2. The van der Waals surface area contributed by atoms with Crippen LogP contribution < -0.4 is 0 Å². The second-order valence-electron chi connectivity index (χ2n) is 14.3. The van der Waals surface area contributed by atoms with E-state index in [2.05, 4.69) is 6.58 Å². The zero-order chi connectivity index (χ0) is 41.9. The van der Waals surface area contributed by atoms with Crippen molar-refractivity contribution in [1.82, 2.24) is 0 Å². The van der Waals surface area contributed by atoms with Gasteiger partial charge < -0.3 is 29.2 Å². The summed E-state index contributed by atoms with van der Waals surface area (Å²) < 4.78 is 20.7. The zero-order valence-electron chi connectivity index (χ0n) is 33.4. The van der Waals surface area contributed by atoms with E-state index in [1.807, 2.05) is 45.9 Å². The third kappa shape index (κ3) is 7.64. The van der Waals surface area contributed by atoms with Crippen LogP contribution in [-0.2, 0) is 38.1 Å². The number of hydrogen-bond acceptors (Lipinski definition) is 14. The normalized spacial score (nSPS) is 22.0. The van der Waals surface area contributed by atoms with Gasteiger partial charge in [-0.15, -0.1) is 0 Å². The minimum absolute atomic E-state index is 0.00650. The fourth-order valence-electron chi connectivity index (χ4n) is 7.88. The Morgan fingerprint density at radius 2 is 1.31 bits per heavy atom. The van der Waals surface area contributed by atoms with E-state index < -0.39 is 35.2 Å². The molecule has 0 radical (unpaired) electrons. The fourth-order valence-corrected chi connectivity index (χ4v) is 7.88. The predicted octanol–water partition coefficient (Wildman–Crippen LogP) is 4.96. The Morgan fingerprint density at radius 1 is 0.724 bits per heavy atom. The molecule has 0 amide bonds. The van der Waals surface area contributed by atoms with Gasteiger partial charge in [0.1, 0.15) is 19.1 Å². The van der Waals surface area contributed by atoms with E-state index >= 15 is 0 Å². The standard InChI is InChI=1S/C44H46N4O10/c1-8-26-23(2)32-20-37-30-12-9-29(42(53)55-6)41(43(54)56-7)44(30,5)38(48-37)22-33-25(4)28(11-14-40(52)58-18-16-50)36(47-33)21-35-27(10-13-39(51)57-17-15-49)24(3)31(46-35)19-34(26)45-32/h8-9,12,19-22,41,49-50H,1,10-11,13-18H2,2-7H3/t41-,44+/m0/s1. The highest BCUT2D eigenvalue weighted by atomic mass is 16.5. The van der Waals surface area contributed by atoms with Crippen molar-refractivity contribution in [2.45, 2.75) is 53.4 Å². The number of fused-ring (bicyclic) bond motifs is 7. The number of carbonyl (C=O) groups is 4. The molecule has 8 bridgehead atoms. The van der Waals surface area contributed by atoms with E-state index in [0.717, 1.165) is 33.4 Å². The first-order valence-corrected chi connectivity index (χ1v) is 18.9. The van der Waals surface area contributed by atoms with Gasteiger partial charge in [-0.05, 0) is 98.3 Å². The van der Waals surface area contributed by atoms with Gasteiger partial charge in [0, 0.05) is 18.4 Å². The van der Waals surface area contributed by atoms with Gasteiger partial charge in [0.05, 0.1) is 84.1 Å². The molecule has 14 nitrogen and oxygen atoms in total. The van der Waals surface area contributed by atoms with E-state index in [9.17, 15) is 29.4 Å². The molecule has 1 aliphatic carbocycles. The Morgan fingerprint density at radius 3 is 1.93 bits per heavy atom. The number of esters is 4. The average molecular weight is 791 g/mol. The smallest absolute Gasteiger partial charge is 0.334 e. The fraction of sp³-hybridized carbons (Fsp3) is 0.364. The van der Waals surface area contributed by atoms with Gasteiger partial charge in [0.25, 0.3) is 0 Å². The Kier molecular flexibility index (Phi) is 12.3. The summed E-state index contributed by atoms with van der Waals surface area (Å²) in [7, 11) is 2.51. The van der Waals surface area contributed by atoms with Crippen LogP contribution >= 0.6 is 0 Å². The first-order valence-electron chi connectivity index (χ1n) is 18.9. The third-order valence-corrected chi connectivity index (χ3v) is 11.0. The van der Waals surface area contributed by atoms with Crippen molar-refractivity contribution in [1.29, 1.82) is 0 Å². The molecule has 0 aromatic rings. The van der Waals surface area contributed by atoms with Crippen molar-refractivity contribution in [3.63, 3.8) is 0 Å². The van der Waals surface area contributed by atoms with Crippen molar-refractivity contribution in [2.24, 2.45) is 31.3 Å². The summed E-state index contributed by atoms with van der Waals surface area (Å²) in [4.78, 5) is 72.5. The van der Waals surface area contributed by atoms with E-state index in [-0.39, 0.29) is 57.7 Å². The molecule has 58 heavy (non-hydrogen) atoms. The van der Waals surface area contributed by atoms with E-state index in [0.29, 0.717) is 51.2 Å². The molecule has 5 aliphatic heterocycles. The number of ether oxygens (including phenoxy) is 4. The summed E-state index contributed by atoms with van der Waals surface area (Å²) in [6.07, 6.45) is 12.9. The number of aliphatic hydroxyl groups excluding tert-OH is 2. The van der Waals surface area contributed by atoms with Crippen LogP contribution in [0.2, 0.25) is 0 Å². The van der Waals surface area contributed by atoms with Crippen LogP contribution in [-0.4, -0.2) is 97.6 Å². The van der Waals surface area contributed by atoms with Gasteiger partial charge in [0.15, 0.2) is 0 Å². The molecule has 14 heteroatoms. The van der Waals surface area contributed by atoms with Crippen LogP contribution in [0, 0.1) is 11.3 Å². The monoisotopic (exact) mass is 790 g/mol. The number of nitrogens with zero attached hydrogens (tertiary/aromatic N) is 4. The summed E-state index contributed by atoms with van der Waals surface area (Å²) in [6, 6.07) is 0. The Labute approximate surface area is 336 Å². The molecular formula is C44H46N4O10. The van der Waals surface area contributed by atoms with Gasteiger partial charge in [-0.3, -0.25) is 19.4 Å². The number of aliphatic imine (C=N–C) groups is 4. The van der Waals surface area contributed by atoms with Crippen molar-refractivity contribution < 1.29 is 48.3 Å². The molecule has 0 aromatic heterocycles. The second-order valence-corrected chi connectivity index (χ2v) is 14.3. The van der Waals surface area contributed by atoms with Crippen molar-refractivity contribution in [3.05, 3.63) is 116 Å². The minimum atomic E-state index is -1.23. The Hall–Kier alpha value is -6.12. The molecule has 6 rings (SSSR count). The van der Waals surface area contributed by atoms with Gasteiger partial charge >= 0.3 is 23.9 Å². The molecule has 0 spiro atoms. The van der Waals surface area contributed by atoms with E-state index in [4.69, 9.17) is 38.9 Å². The first-order chi connectivity index (χ1) is 27.8. The summed E-state index contributed by atoms with van der Waals surface area (Å²) >= 11 is 0. The van der Waals surface area contributed by atoms with Crippen LogP contribution in [0.4, 0.5) is 0 Å². The third-order valence-electron chi connectivity index (χ3n) is 11.0. The van der Waals surface area contributed by atoms with Crippen LogP contribution in [0.5, 0.6) is 0 Å². The number of rotatable bonds is 13. The zero-order valence-corrected chi connectivity index (χ0v) is 33.4. The van der Waals surface area contributed by atoms with Crippen LogP contribution in [0.3, 0.4) is 0 Å². The summed E-state index contributed by atoms with van der Waals surface area (Å²) in [5, 5.41) is 18.4. The minimum Gasteiger partial charge on any atom is -0.469 e. The van der Waals surface area contributed by atoms with Crippen molar-refractivity contribution in [2.75, 3.05) is 40.6 Å². The van der Waals surface area contributed by atoms with Gasteiger partial charge in [-0.1, -0.05) is 24.8 Å². The SMILES string of the molecule is C=CC1=C(C)C2=CC3=NC(=CC4=NC(=CC5=NC(=CC1=N2)C(C)=C5CCC(=O)OCCO)C(CCC(=O)OCCO)=C4C)[C@@]1(C)C3=CC=C(C(=O)OC)[C@H]1C(=O)OC. The molecule has 0 saturated carbocycles. The highest BCUT2D eigenvalue weighted by Crippen LogP contribution is 2.54. The van der Waals surface area contributed by atoms with Crippen LogP contribution in [0.15, 0.2) is 136 Å². The maximum absolute atomic E-state index is 13.8. The molecule has 5 heterocycles. The lowest BCUT2D eigenvalue weighted by atomic mass is 9.64. The van der Waals surface area contributed by atoms with Crippen molar-refractivity contribution >= 4 is 46.7 Å². The largest absolute Gasteiger partial charge is 0.469 e. The molecule has 0 aromatic carbocycles. The maximum Gasteiger partial charge on any atom is 0.334 e. The number of carbonyl (C=O) groups excluding carboxylic acids is 4. The Bertz CT molecular complexity index is 2320. The number of aliphatic hydroxyl groups is 2. The predicted molar refractivity (Wildman–Crippen MR) is 217 cm³/mol. The Balaban J connectivity index is 1.60. The van der Waals surface area contributed by atoms with E-state index in [1.54, 1.807) is 24.3 Å². The lowest BCUT2D eigenvalue weighted by Crippen LogP contribution is -2.41. The topological polar surface area (TPSA) is 195 Å². The van der Waals surface area contributed by atoms with Gasteiger partial charge in [-0.25, -0.2) is 19.8 Å². The lowest BCUT2D eigenvalue weighted by molar-refractivity contribution is -0.150. The lowest BCUT2D eigenvalue weighted by Gasteiger charge is -2.37. The highest BCUT2D eigenvalue weighted by Gasteiger charge is 2.55. The quantitative estimate of drug-likeness (QED) is 0.190. The summed E-state index contributed by atoms with van der Waals surface area (Å²) in [5.41, 5.74) is 8.51. The van der Waals surface area contributed by atoms with E-state index in [1.165, 1.54) is 14.2 Å². The number of methoxy groups -OCH3 is 2. The summed E-state index contributed by atoms with van der Waals surface area (Å²) in [6.45, 7) is 10.8. The molecule has 0 saturated heterocycles. The molecule has 302 valence electrons. The van der Waals surface area contributed by atoms with Crippen LogP contribution in [0.1, 0.15) is 53.4 Å². The number of hydrogen-bond donors (Lipinski definition) is 2. The molecule has 6 aliphatic rings. The maximum atomic E-state index is 13.8. The molecule has 0 unspecified atom stereocenters. The van der Waals surface area contributed by atoms with Gasteiger partial charge in [0.2, 0.25) is 0 Å².